The van der Waals surface area contributed by atoms with Gasteiger partial charge in [0.05, 0.1) is 18.6 Å². The van der Waals surface area contributed by atoms with Gasteiger partial charge in [0.25, 0.3) is 0 Å². The van der Waals surface area contributed by atoms with E-state index in [4.69, 9.17) is 27.4 Å². The van der Waals surface area contributed by atoms with Crippen LogP contribution in [0.1, 0.15) is 45.4 Å². The molecule has 0 saturated carbocycles. The van der Waals surface area contributed by atoms with E-state index in [0.717, 1.165) is 6.92 Å². The van der Waals surface area contributed by atoms with Crippen LogP contribution in [-0.4, -0.2) is 87.7 Å². The highest BCUT2D eigenvalue weighted by Crippen LogP contribution is 2.05. The molecule has 0 aliphatic heterocycles. The fourth-order valence-corrected chi connectivity index (χ4v) is 2.77. The third-order valence-electron chi connectivity index (χ3n) is 4.68. The molecular weight excluding hydrogens is 456 g/mol. The summed E-state index contributed by atoms with van der Waals surface area (Å²) >= 11 is 0. The summed E-state index contributed by atoms with van der Waals surface area (Å²) in [5.41, 5.74) is 16.3. The fraction of sp³-hybridized carbons (Fsp3) is 0.684. The van der Waals surface area contributed by atoms with Gasteiger partial charge in [-0.3, -0.25) is 24.0 Å². The number of nitrogens with one attached hydrogen (secondary N) is 3. The largest absolute Gasteiger partial charge is 0.481 e. The van der Waals surface area contributed by atoms with Gasteiger partial charge >= 0.3 is 11.9 Å². The number of carboxylic acid groups (broad SMARTS) is 2. The number of aliphatic carboxylic acids is 2. The lowest BCUT2D eigenvalue weighted by molar-refractivity contribution is -0.146. The maximum atomic E-state index is 12.8. The molecule has 15 nitrogen and oxygen atoms in total. The number of aliphatic hydroxyl groups excluding tert-OH is 1. The first kappa shape index (κ1) is 30.7. The third-order valence-corrected chi connectivity index (χ3v) is 4.68. The Balaban J connectivity index is 5.50. The van der Waals surface area contributed by atoms with E-state index in [-0.39, 0.29) is 19.3 Å². The van der Waals surface area contributed by atoms with Crippen molar-refractivity contribution in [1.29, 1.82) is 0 Å². The van der Waals surface area contributed by atoms with Crippen LogP contribution in [0.3, 0.4) is 0 Å². The zero-order valence-electron chi connectivity index (χ0n) is 18.9. The molecule has 5 unspecified atom stereocenters. The van der Waals surface area contributed by atoms with Crippen molar-refractivity contribution in [2.45, 2.75) is 75.7 Å². The number of nitrogens with two attached hydrogens (primary N) is 3. The minimum atomic E-state index is -1.77. The summed E-state index contributed by atoms with van der Waals surface area (Å²) < 4.78 is 0. The molecule has 0 aromatic heterocycles. The summed E-state index contributed by atoms with van der Waals surface area (Å²) in [6, 6.07) is -5.90. The van der Waals surface area contributed by atoms with Gasteiger partial charge < -0.3 is 48.5 Å². The number of carboxylic acids is 2. The molecule has 0 spiro atoms. The molecule has 0 bridgehead atoms. The Kier molecular flexibility index (Phi) is 14.0. The van der Waals surface area contributed by atoms with E-state index in [1.54, 1.807) is 0 Å². The quantitative estimate of drug-likeness (QED) is 0.0888. The van der Waals surface area contributed by atoms with Crippen molar-refractivity contribution < 1.29 is 44.1 Å². The van der Waals surface area contributed by atoms with E-state index in [0.29, 0.717) is 19.4 Å². The zero-order chi connectivity index (χ0) is 26.4. The van der Waals surface area contributed by atoms with Crippen molar-refractivity contribution in [3.8, 4) is 0 Å². The molecule has 0 radical (unpaired) electrons. The van der Waals surface area contributed by atoms with Gasteiger partial charge in [0.1, 0.15) is 12.1 Å². The molecule has 5 atom stereocenters. The molecule has 34 heavy (non-hydrogen) atoms. The van der Waals surface area contributed by atoms with Crippen molar-refractivity contribution in [2.24, 2.45) is 17.2 Å². The minimum absolute atomic E-state index is 0.269. The molecule has 0 aliphatic carbocycles. The molecule has 0 aromatic rings. The summed E-state index contributed by atoms with van der Waals surface area (Å²) in [7, 11) is 0. The molecular formula is C19H34N6O9. The molecule has 194 valence electrons. The molecule has 0 rings (SSSR count). The lowest BCUT2D eigenvalue weighted by atomic mass is 10.1. The Morgan fingerprint density at radius 2 is 1.41 bits per heavy atom. The minimum Gasteiger partial charge on any atom is -0.481 e. The molecule has 0 aromatic carbocycles. The van der Waals surface area contributed by atoms with E-state index in [1.807, 2.05) is 5.32 Å². The van der Waals surface area contributed by atoms with Crippen LogP contribution in [0.2, 0.25) is 0 Å². The maximum absolute atomic E-state index is 12.8. The SMILES string of the molecule is CC(O)C(NC(=O)C(CC(=O)O)NC(=O)C(CCC(N)=O)NC(=O)C(N)CCCCN)C(=O)O. The van der Waals surface area contributed by atoms with Gasteiger partial charge in [0, 0.05) is 6.42 Å². The lowest BCUT2D eigenvalue weighted by Crippen LogP contribution is -2.58. The Hall–Kier alpha value is -3.30. The van der Waals surface area contributed by atoms with E-state index in [9.17, 15) is 33.9 Å². The second-order valence-electron chi connectivity index (χ2n) is 7.68. The normalized spacial score (nSPS) is 15.2. The highest BCUT2D eigenvalue weighted by atomic mass is 16.4. The van der Waals surface area contributed by atoms with Gasteiger partial charge in [-0.2, -0.15) is 0 Å². The number of aliphatic hydroxyl groups is 1. The van der Waals surface area contributed by atoms with Crippen LogP contribution in [0.4, 0.5) is 0 Å². The molecule has 0 saturated heterocycles. The van der Waals surface area contributed by atoms with Crippen molar-refractivity contribution >= 4 is 35.6 Å². The topological polar surface area (TPSA) is 277 Å². The van der Waals surface area contributed by atoms with Gasteiger partial charge in [-0.05, 0) is 32.7 Å². The standard InChI is InChI=1S/C19H34N6O9/c1-9(26)15(19(33)34)25-18(32)12(8-14(28)29)24-17(31)11(5-6-13(22)27)23-16(30)10(21)4-2-3-7-20/h9-12,15,26H,2-8,20-21H2,1H3,(H2,22,27)(H,23,30)(H,24,31)(H,25,32)(H,28,29)(H,33,34). The Labute approximate surface area is 195 Å². The van der Waals surface area contributed by atoms with Crippen LogP contribution in [-0.2, 0) is 28.8 Å². The smallest absolute Gasteiger partial charge is 0.328 e. The maximum Gasteiger partial charge on any atom is 0.328 e. The van der Waals surface area contributed by atoms with Gasteiger partial charge in [0.15, 0.2) is 6.04 Å². The first-order valence-electron chi connectivity index (χ1n) is 10.6. The summed E-state index contributed by atoms with van der Waals surface area (Å²) in [6.07, 6.45) is -1.59. The van der Waals surface area contributed by atoms with E-state index in [2.05, 4.69) is 10.6 Å². The molecule has 12 N–H and O–H groups in total. The van der Waals surface area contributed by atoms with E-state index < -0.39 is 72.3 Å². The highest BCUT2D eigenvalue weighted by Gasteiger charge is 2.33. The molecule has 0 heterocycles. The second-order valence-corrected chi connectivity index (χ2v) is 7.68. The predicted molar refractivity (Wildman–Crippen MR) is 117 cm³/mol. The van der Waals surface area contributed by atoms with E-state index in [1.165, 1.54) is 0 Å². The number of amides is 4. The Morgan fingerprint density at radius 3 is 1.88 bits per heavy atom. The first-order chi connectivity index (χ1) is 15.8. The lowest BCUT2D eigenvalue weighted by Gasteiger charge is -2.25. The second kappa shape index (κ2) is 15.5. The van der Waals surface area contributed by atoms with Crippen molar-refractivity contribution in [3.63, 3.8) is 0 Å². The van der Waals surface area contributed by atoms with Gasteiger partial charge in [-0.15, -0.1) is 0 Å². The molecule has 4 amide bonds. The van der Waals surface area contributed by atoms with Gasteiger partial charge in [0.2, 0.25) is 23.6 Å². The highest BCUT2D eigenvalue weighted by molar-refractivity contribution is 5.95. The van der Waals surface area contributed by atoms with Crippen LogP contribution < -0.4 is 33.2 Å². The van der Waals surface area contributed by atoms with Crippen molar-refractivity contribution in [1.82, 2.24) is 16.0 Å². The van der Waals surface area contributed by atoms with E-state index >= 15 is 0 Å². The van der Waals surface area contributed by atoms with Crippen LogP contribution in [0.5, 0.6) is 0 Å². The monoisotopic (exact) mass is 490 g/mol. The number of rotatable bonds is 17. The average molecular weight is 491 g/mol. The van der Waals surface area contributed by atoms with Crippen LogP contribution in [0, 0.1) is 0 Å². The van der Waals surface area contributed by atoms with Crippen LogP contribution >= 0.6 is 0 Å². The molecule has 15 heteroatoms. The number of hydrogen-bond acceptors (Lipinski definition) is 9. The number of carbonyl (C=O) groups excluding carboxylic acids is 4. The zero-order valence-corrected chi connectivity index (χ0v) is 18.9. The summed E-state index contributed by atoms with van der Waals surface area (Å²) in [5, 5.41) is 34.1. The fourth-order valence-electron chi connectivity index (χ4n) is 2.77. The summed E-state index contributed by atoms with van der Waals surface area (Å²) in [4.78, 5) is 71.1. The van der Waals surface area contributed by atoms with Crippen LogP contribution in [0.25, 0.3) is 0 Å². The Bertz CT molecular complexity index is 746. The van der Waals surface area contributed by atoms with Crippen molar-refractivity contribution in [2.75, 3.05) is 6.54 Å². The van der Waals surface area contributed by atoms with Gasteiger partial charge in [-0.25, -0.2) is 4.79 Å². The number of carbonyl (C=O) groups is 6. The van der Waals surface area contributed by atoms with Crippen LogP contribution in [0.15, 0.2) is 0 Å². The Morgan fingerprint density at radius 1 is 0.853 bits per heavy atom. The number of primary amides is 1. The molecule has 0 fully saturated rings. The van der Waals surface area contributed by atoms with Gasteiger partial charge in [-0.1, -0.05) is 6.42 Å². The number of unbranched alkanes of at least 4 members (excludes halogenated alkanes) is 1. The van der Waals surface area contributed by atoms with Crippen molar-refractivity contribution in [3.05, 3.63) is 0 Å². The predicted octanol–water partition coefficient (Wildman–Crippen LogP) is -3.90. The number of hydrogen-bond donors (Lipinski definition) is 9. The first-order valence-corrected chi connectivity index (χ1v) is 10.6. The third kappa shape index (κ3) is 12.1. The summed E-state index contributed by atoms with van der Waals surface area (Å²) in [6.45, 7) is 1.50. The summed E-state index contributed by atoms with van der Waals surface area (Å²) in [5.74, 6) is -6.79. The molecule has 0 aliphatic rings. The average Bonchev–Trinajstić information content (AvgIpc) is 2.72.